The van der Waals surface area contributed by atoms with E-state index in [-0.39, 0.29) is 16.9 Å². The highest BCUT2D eigenvalue weighted by Crippen LogP contribution is 2.17. The Labute approximate surface area is 192 Å². The lowest BCUT2D eigenvalue weighted by Gasteiger charge is -2.12. The van der Waals surface area contributed by atoms with Crippen molar-refractivity contribution < 1.29 is 24.2 Å². The van der Waals surface area contributed by atoms with Crippen LogP contribution in [0.5, 0.6) is 5.75 Å². The number of hydrogen-bond donors (Lipinski definition) is 3. The number of carbonyl (C=O) groups is 3. The quantitative estimate of drug-likeness (QED) is 0.417. The number of carboxylic acids is 1. The van der Waals surface area contributed by atoms with E-state index in [1.165, 1.54) is 24.3 Å². The summed E-state index contributed by atoms with van der Waals surface area (Å²) in [4.78, 5) is 36.9. The third kappa shape index (κ3) is 6.05. The molecule has 0 aliphatic carbocycles. The van der Waals surface area contributed by atoms with E-state index in [4.69, 9.17) is 9.84 Å². The summed E-state index contributed by atoms with van der Waals surface area (Å²) < 4.78 is 5.96. The summed E-state index contributed by atoms with van der Waals surface area (Å²) in [6.45, 7) is 0. The molecule has 0 aliphatic rings. The number of nitrogens with one attached hydrogen (secondary N) is 2. The Morgan fingerprint density at radius 1 is 0.938 bits per heavy atom. The molecule has 0 aliphatic heterocycles. The molecular weight excluding hydrogens is 476 g/mol. The summed E-state index contributed by atoms with van der Waals surface area (Å²) >= 11 is 3.32. The van der Waals surface area contributed by atoms with E-state index in [9.17, 15) is 14.4 Å². The SMILES string of the molecule is COc1ccc(/C=C(/NC(=O)c2ccc(Br)cc2)C(=O)Nc2cccc(C(=O)O)c2)cc1. The first-order valence-electron chi connectivity index (χ1n) is 9.43. The molecule has 0 atom stereocenters. The van der Waals surface area contributed by atoms with Crippen molar-refractivity contribution >= 4 is 45.5 Å². The van der Waals surface area contributed by atoms with E-state index in [1.54, 1.807) is 61.7 Å². The maximum atomic E-state index is 13.0. The van der Waals surface area contributed by atoms with Gasteiger partial charge >= 0.3 is 5.97 Å². The van der Waals surface area contributed by atoms with Crippen molar-refractivity contribution in [2.75, 3.05) is 12.4 Å². The highest BCUT2D eigenvalue weighted by molar-refractivity contribution is 9.10. The summed E-state index contributed by atoms with van der Waals surface area (Å²) in [5.74, 6) is -1.53. The van der Waals surface area contributed by atoms with Crippen LogP contribution in [0.2, 0.25) is 0 Å². The maximum Gasteiger partial charge on any atom is 0.335 e. The molecule has 0 bridgehead atoms. The van der Waals surface area contributed by atoms with Gasteiger partial charge in [0.1, 0.15) is 11.4 Å². The number of rotatable bonds is 7. The van der Waals surface area contributed by atoms with Crippen LogP contribution in [-0.2, 0) is 4.79 Å². The Balaban J connectivity index is 1.89. The number of carboxylic acid groups (broad SMARTS) is 1. The number of methoxy groups -OCH3 is 1. The minimum atomic E-state index is -1.11. The molecule has 3 aromatic carbocycles. The molecule has 0 heterocycles. The Bertz CT molecular complexity index is 1170. The van der Waals surface area contributed by atoms with Crippen LogP contribution in [0.1, 0.15) is 26.3 Å². The zero-order valence-electron chi connectivity index (χ0n) is 17.0. The normalized spacial score (nSPS) is 10.9. The highest BCUT2D eigenvalue weighted by Gasteiger charge is 2.16. The number of amides is 2. The third-order valence-electron chi connectivity index (χ3n) is 4.39. The van der Waals surface area contributed by atoms with Gasteiger partial charge in [0.2, 0.25) is 0 Å². The van der Waals surface area contributed by atoms with Gasteiger partial charge in [-0.25, -0.2) is 4.79 Å². The molecule has 0 aromatic heterocycles. The van der Waals surface area contributed by atoms with Crippen LogP contribution in [0.25, 0.3) is 6.08 Å². The average molecular weight is 495 g/mol. The van der Waals surface area contributed by atoms with Crippen LogP contribution < -0.4 is 15.4 Å². The Hall–Kier alpha value is -3.91. The number of halogens is 1. The van der Waals surface area contributed by atoms with Crippen LogP contribution in [0, 0.1) is 0 Å². The minimum absolute atomic E-state index is 0.0104. The summed E-state index contributed by atoms with van der Waals surface area (Å²) in [5.41, 5.74) is 1.33. The van der Waals surface area contributed by atoms with Gasteiger partial charge in [-0.15, -0.1) is 0 Å². The van der Waals surface area contributed by atoms with Gasteiger partial charge in [0, 0.05) is 15.7 Å². The van der Waals surface area contributed by atoms with Gasteiger partial charge in [-0.05, 0) is 66.2 Å². The first-order chi connectivity index (χ1) is 15.4. The average Bonchev–Trinajstić information content (AvgIpc) is 2.79. The Morgan fingerprint density at radius 3 is 2.25 bits per heavy atom. The molecule has 7 nitrogen and oxygen atoms in total. The van der Waals surface area contributed by atoms with Crippen molar-refractivity contribution in [3.63, 3.8) is 0 Å². The molecule has 0 saturated carbocycles. The van der Waals surface area contributed by atoms with Gasteiger partial charge in [0.25, 0.3) is 11.8 Å². The molecule has 162 valence electrons. The van der Waals surface area contributed by atoms with Gasteiger partial charge in [-0.3, -0.25) is 9.59 Å². The second kappa shape index (κ2) is 10.4. The zero-order valence-corrected chi connectivity index (χ0v) is 18.5. The molecule has 8 heteroatoms. The molecular formula is C24H19BrN2O5. The van der Waals surface area contributed by atoms with E-state index in [0.29, 0.717) is 16.9 Å². The van der Waals surface area contributed by atoms with E-state index < -0.39 is 17.8 Å². The van der Waals surface area contributed by atoms with Crippen LogP contribution in [0.15, 0.2) is 83.0 Å². The highest BCUT2D eigenvalue weighted by atomic mass is 79.9. The van der Waals surface area contributed by atoms with Crippen LogP contribution in [-0.4, -0.2) is 30.0 Å². The smallest absolute Gasteiger partial charge is 0.335 e. The first kappa shape index (κ1) is 22.8. The van der Waals surface area contributed by atoms with Gasteiger partial charge in [0.15, 0.2) is 0 Å². The van der Waals surface area contributed by atoms with Crippen molar-refractivity contribution in [1.82, 2.24) is 5.32 Å². The molecule has 0 fully saturated rings. The lowest BCUT2D eigenvalue weighted by molar-refractivity contribution is -0.113. The van der Waals surface area contributed by atoms with Gasteiger partial charge in [-0.1, -0.05) is 34.1 Å². The molecule has 0 radical (unpaired) electrons. The predicted molar refractivity (Wildman–Crippen MR) is 125 cm³/mol. The molecule has 3 rings (SSSR count). The number of benzene rings is 3. The summed E-state index contributed by atoms with van der Waals surface area (Å²) in [7, 11) is 1.55. The third-order valence-corrected chi connectivity index (χ3v) is 4.92. The summed E-state index contributed by atoms with van der Waals surface area (Å²) in [6.07, 6.45) is 1.52. The van der Waals surface area contributed by atoms with Gasteiger partial charge in [0.05, 0.1) is 12.7 Å². The molecule has 0 spiro atoms. The van der Waals surface area contributed by atoms with Crippen molar-refractivity contribution in [2.45, 2.75) is 0 Å². The largest absolute Gasteiger partial charge is 0.497 e. The number of aromatic carboxylic acids is 1. The van der Waals surface area contributed by atoms with Gasteiger partial charge in [-0.2, -0.15) is 0 Å². The standard InChI is InChI=1S/C24H19BrN2O5/c1-32-20-11-5-15(6-12-20)13-21(27-22(28)16-7-9-18(25)10-8-16)23(29)26-19-4-2-3-17(14-19)24(30)31/h2-14H,1H3,(H,26,29)(H,27,28)(H,30,31)/b21-13+. The fourth-order valence-corrected chi connectivity index (χ4v) is 3.01. The Morgan fingerprint density at radius 2 is 1.62 bits per heavy atom. The summed E-state index contributed by atoms with van der Waals surface area (Å²) in [6, 6.07) is 19.5. The van der Waals surface area contributed by atoms with E-state index in [1.807, 2.05) is 0 Å². The first-order valence-corrected chi connectivity index (χ1v) is 10.2. The fraction of sp³-hybridized carbons (Fsp3) is 0.0417. The second-order valence-electron chi connectivity index (χ2n) is 6.63. The number of anilines is 1. The van der Waals surface area contributed by atoms with Crippen LogP contribution in [0.4, 0.5) is 5.69 Å². The van der Waals surface area contributed by atoms with Crippen molar-refractivity contribution in [2.24, 2.45) is 0 Å². The van der Waals surface area contributed by atoms with Crippen molar-refractivity contribution in [1.29, 1.82) is 0 Å². The topological polar surface area (TPSA) is 105 Å². The monoisotopic (exact) mass is 494 g/mol. The maximum absolute atomic E-state index is 13.0. The number of ether oxygens (including phenoxy) is 1. The molecule has 0 saturated heterocycles. The van der Waals surface area contributed by atoms with Gasteiger partial charge < -0.3 is 20.5 Å². The molecule has 32 heavy (non-hydrogen) atoms. The molecule has 2 amide bonds. The predicted octanol–water partition coefficient (Wildman–Crippen LogP) is 4.57. The molecule has 3 N–H and O–H groups in total. The van der Waals surface area contributed by atoms with Crippen molar-refractivity contribution in [3.05, 3.63) is 99.7 Å². The van der Waals surface area contributed by atoms with E-state index in [0.717, 1.165) is 4.47 Å². The number of carbonyl (C=O) groups excluding carboxylic acids is 2. The van der Waals surface area contributed by atoms with E-state index in [2.05, 4.69) is 26.6 Å². The lowest BCUT2D eigenvalue weighted by Crippen LogP contribution is -2.30. The van der Waals surface area contributed by atoms with Crippen LogP contribution >= 0.6 is 15.9 Å². The minimum Gasteiger partial charge on any atom is -0.497 e. The second-order valence-corrected chi connectivity index (χ2v) is 7.55. The lowest BCUT2D eigenvalue weighted by atomic mass is 10.1. The molecule has 3 aromatic rings. The summed E-state index contributed by atoms with van der Waals surface area (Å²) in [5, 5.41) is 14.4. The van der Waals surface area contributed by atoms with Crippen LogP contribution in [0.3, 0.4) is 0 Å². The van der Waals surface area contributed by atoms with Crippen molar-refractivity contribution in [3.8, 4) is 5.75 Å². The zero-order chi connectivity index (χ0) is 23.1. The molecule has 0 unspecified atom stereocenters. The van der Waals surface area contributed by atoms with E-state index >= 15 is 0 Å². The number of hydrogen-bond acceptors (Lipinski definition) is 4. The fourth-order valence-electron chi connectivity index (χ4n) is 2.75. The Kier molecular flexibility index (Phi) is 7.41.